The van der Waals surface area contributed by atoms with Gasteiger partial charge in [0.15, 0.2) is 0 Å². The van der Waals surface area contributed by atoms with Crippen LogP contribution in [0.25, 0.3) is 10.9 Å². The Morgan fingerprint density at radius 2 is 2.00 bits per heavy atom. The highest BCUT2D eigenvalue weighted by Crippen LogP contribution is 2.47. The molecule has 2 aliphatic rings. The maximum absolute atomic E-state index is 2.56. The largest absolute Gasteiger partial charge is 0.347 e. The maximum atomic E-state index is 2.56. The number of rotatable bonds is 0. The SMILES string of the molecule is CN1CCC2(C)CC1Cc1c2n(C)c2ccccc12. The molecule has 2 atom stereocenters. The number of fused-ring (bicyclic) bond motifs is 6. The number of likely N-dealkylation sites (tertiary alicyclic amines) is 1. The average molecular weight is 254 g/mol. The summed E-state index contributed by atoms with van der Waals surface area (Å²) in [5.74, 6) is 0. The molecule has 100 valence electrons. The fourth-order valence-electron chi connectivity index (χ4n) is 4.51. The summed E-state index contributed by atoms with van der Waals surface area (Å²) in [7, 11) is 4.55. The van der Waals surface area contributed by atoms with E-state index in [4.69, 9.17) is 0 Å². The van der Waals surface area contributed by atoms with Gasteiger partial charge in [-0.05, 0) is 44.5 Å². The number of benzene rings is 1. The molecule has 19 heavy (non-hydrogen) atoms. The van der Waals surface area contributed by atoms with Crippen molar-refractivity contribution < 1.29 is 0 Å². The summed E-state index contributed by atoms with van der Waals surface area (Å²) >= 11 is 0. The van der Waals surface area contributed by atoms with Gasteiger partial charge < -0.3 is 9.47 Å². The van der Waals surface area contributed by atoms with Crippen LogP contribution >= 0.6 is 0 Å². The van der Waals surface area contributed by atoms with Gasteiger partial charge in [0.1, 0.15) is 0 Å². The van der Waals surface area contributed by atoms with Crippen LogP contribution < -0.4 is 0 Å². The summed E-state index contributed by atoms with van der Waals surface area (Å²) in [6.45, 7) is 3.71. The van der Waals surface area contributed by atoms with Crippen LogP contribution in [0.3, 0.4) is 0 Å². The zero-order valence-electron chi connectivity index (χ0n) is 12.1. The molecule has 2 aromatic rings. The zero-order chi connectivity index (χ0) is 13.2. The molecule has 0 N–H and O–H groups in total. The van der Waals surface area contributed by atoms with E-state index in [0.29, 0.717) is 5.41 Å². The first kappa shape index (κ1) is 11.5. The van der Waals surface area contributed by atoms with Gasteiger partial charge in [-0.15, -0.1) is 0 Å². The average Bonchev–Trinajstić information content (AvgIpc) is 2.70. The van der Waals surface area contributed by atoms with Gasteiger partial charge in [0.05, 0.1) is 0 Å². The quantitative estimate of drug-likeness (QED) is 0.701. The van der Waals surface area contributed by atoms with Crippen molar-refractivity contribution in [1.82, 2.24) is 9.47 Å². The first-order valence-corrected chi connectivity index (χ1v) is 7.37. The molecule has 1 aliphatic heterocycles. The minimum atomic E-state index is 0.374. The van der Waals surface area contributed by atoms with Gasteiger partial charge in [0.25, 0.3) is 0 Å². The summed E-state index contributed by atoms with van der Waals surface area (Å²) in [4.78, 5) is 2.56. The van der Waals surface area contributed by atoms with Crippen molar-refractivity contribution in [2.24, 2.45) is 7.05 Å². The van der Waals surface area contributed by atoms with Crippen LogP contribution in [0, 0.1) is 0 Å². The Bertz CT molecular complexity index is 655. The predicted octanol–water partition coefficient (Wildman–Crippen LogP) is 3.09. The number of para-hydroxylation sites is 1. The Hall–Kier alpha value is -1.28. The number of aryl methyl sites for hydroxylation is 1. The summed E-state index contributed by atoms with van der Waals surface area (Å²) in [6.07, 6.45) is 3.83. The number of hydrogen-bond donors (Lipinski definition) is 0. The Labute approximate surface area is 115 Å². The number of hydrogen-bond acceptors (Lipinski definition) is 1. The molecule has 1 saturated heterocycles. The van der Waals surface area contributed by atoms with Gasteiger partial charge in [-0.2, -0.15) is 0 Å². The van der Waals surface area contributed by atoms with E-state index in [2.05, 4.69) is 54.8 Å². The van der Waals surface area contributed by atoms with Gasteiger partial charge >= 0.3 is 0 Å². The normalized spacial score (nSPS) is 30.6. The monoisotopic (exact) mass is 254 g/mol. The molecule has 2 heterocycles. The third-order valence-electron chi connectivity index (χ3n) is 5.55. The van der Waals surface area contributed by atoms with Crippen LogP contribution in [0.5, 0.6) is 0 Å². The molecule has 2 nitrogen and oxygen atoms in total. The zero-order valence-corrected chi connectivity index (χ0v) is 12.1. The van der Waals surface area contributed by atoms with Crippen LogP contribution in [-0.4, -0.2) is 29.1 Å². The van der Waals surface area contributed by atoms with Gasteiger partial charge in [0.2, 0.25) is 0 Å². The lowest BCUT2D eigenvalue weighted by molar-refractivity contribution is 0.109. The molecule has 4 rings (SSSR count). The number of nitrogens with zero attached hydrogens (tertiary/aromatic N) is 2. The van der Waals surface area contributed by atoms with Gasteiger partial charge in [-0.3, -0.25) is 0 Å². The first-order chi connectivity index (χ1) is 9.10. The Kier molecular flexibility index (Phi) is 2.21. The Morgan fingerprint density at radius 1 is 1.21 bits per heavy atom. The Balaban J connectivity index is 2.03. The highest BCUT2D eigenvalue weighted by Gasteiger charge is 2.44. The molecule has 0 radical (unpaired) electrons. The van der Waals surface area contributed by atoms with E-state index in [1.807, 2.05) is 0 Å². The summed E-state index contributed by atoms with van der Waals surface area (Å²) < 4.78 is 2.46. The minimum Gasteiger partial charge on any atom is -0.347 e. The van der Waals surface area contributed by atoms with Crippen LogP contribution in [0.4, 0.5) is 0 Å². The van der Waals surface area contributed by atoms with Crippen molar-refractivity contribution in [3.05, 3.63) is 35.5 Å². The second kappa shape index (κ2) is 3.63. The second-order valence-corrected chi connectivity index (χ2v) is 6.76. The molecule has 1 aromatic heterocycles. The third-order valence-corrected chi connectivity index (χ3v) is 5.55. The molecule has 0 spiro atoms. The van der Waals surface area contributed by atoms with Crippen molar-refractivity contribution >= 4 is 10.9 Å². The van der Waals surface area contributed by atoms with Gasteiger partial charge in [0, 0.05) is 35.1 Å². The summed E-state index contributed by atoms with van der Waals surface area (Å²) in [5.41, 5.74) is 5.00. The molecule has 2 heteroatoms. The smallest absolute Gasteiger partial charge is 0.0482 e. The van der Waals surface area contributed by atoms with Crippen molar-refractivity contribution in [2.45, 2.75) is 37.6 Å². The first-order valence-electron chi connectivity index (χ1n) is 7.37. The lowest BCUT2D eigenvalue weighted by Crippen LogP contribution is -2.50. The highest BCUT2D eigenvalue weighted by atomic mass is 15.1. The molecule has 1 aliphatic carbocycles. The molecule has 2 unspecified atom stereocenters. The number of aromatic nitrogens is 1. The molecule has 0 saturated carbocycles. The topological polar surface area (TPSA) is 8.17 Å². The van der Waals surface area contributed by atoms with E-state index in [9.17, 15) is 0 Å². The van der Waals surface area contributed by atoms with Crippen LogP contribution in [0.15, 0.2) is 24.3 Å². The van der Waals surface area contributed by atoms with E-state index in [0.717, 1.165) is 6.04 Å². The molecule has 1 aromatic carbocycles. The Morgan fingerprint density at radius 3 is 2.84 bits per heavy atom. The van der Waals surface area contributed by atoms with E-state index in [1.165, 1.54) is 36.7 Å². The predicted molar refractivity (Wildman–Crippen MR) is 79.6 cm³/mol. The molecule has 0 amide bonds. The molecule has 2 bridgehead atoms. The molecular formula is C17H22N2. The van der Waals surface area contributed by atoms with Crippen LogP contribution in [0.1, 0.15) is 31.0 Å². The van der Waals surface area contributed by atoms with E-state index in [-0.39, 0.29) is 0 Å². The number of likely N-dealkylation sites (N-methyl/N-ethyl adjacent to an activating group) is 1. The third kappa shape index (κ3) is 1.41. The van der Waals surface area contributed by atoms with Crippen LogP contribution in [-0.2, 0) is 18.9 Å². The van der Waals surface area contributed by atoms with Crippen molar-refractivity contribution in [3.8, 4) is 0 Å². The van der Waals surface area contributed by atoms with Gasteiger partial charge in [-0.25, -0.2) is 0 Å². The summed E-state index contributed by atoms with van der Waals surface area (Å²) in [5, 5.41) is 1.48. The number of piperidine rings is 1. The summed E-state index contributed by atoms with van der Waals surface area (Å²) in [6, 6.07) is 9.65. The van der Waals surface area contributed by atoms with Crippen molar-refractivity contribution in [1.29, 1.82) is 0 Å². The molecule has 1 fully saturated rings. The lowest BCUT2D eigenvalue weighted by atomic mass is 9.67. The second-order valence-electron chi connectivity index (χ2n) is 6.76. The molecular weight excluding hydrogens is 232 g/mol. The van der Waals surface area contributed by atoms with E-state index in [1.54, 1.807) is 11.3 Å². The van der Waals surface area contributed by atoms with Crippen molar-refractivity contribution in [3.63, 3.8) is 0 Å². The van der Waals surface area contributed by atoms with Crippen molar-refractivity contribution in [2.75, 3.05) is 13.6 Å². The van der Waals surface area contributed by atoms with Gasteiger partial charge in [-0.1, -0.05) is 25.1 Å². The van der Waals surface area contributed by atoms with Crippen LogP contribution in [0.2, 0.25) is 0 Å². The van der Waals surface area contributed by atoms with E-state index >= 15 is 0 Å². The minimum absolute atomic E-state index is 0.374. The fraction of sp³-hybridized carbons (Fsp3) is 0.529. The lowest BCUT2D eigenvalue weighted by Gasteiger charge is -2.48. The highest BCUT2D eigenvalue weighted by molar-refractivity contribution is 5.86. The van der Waals surface area contributed by atoms with E-state index < -0.39 is 0 Å². The standard InChI is InChI=1S/C17H22N2/c1-17-8-9-18(2)12(11-17)10-14-13-6-4-5-7-15(13)19(3)16(14)17/h4-7,12H,8-11H2,1-3H3. The fourth-order valence-corrected chi connectivity index (χ4v) is 4.51. The maximum Gasteiger partial charge on any atom is 0.0482 e.